The van der Waals surface area contributed by atoms with Gasteiger partial charge < -0.3 is 4.57 Å². The molecular formula is C19H12F2N6O3S2. The van der Waals surface area contributed by atoms with E-state index in [2.05, 4.69) is 20.5 Å². The number of rotatable bonds is 6. The molecule has 4 aromatic rings. The first-order chi connectivity index (χ1) is 15.3. The predicted octanol–water partition coefficient (Wildman–Crippen LogP) is 4.53. The number of aryl methyl sites for hydroxylation is 1. The average Bonchev–Trinajstić information content (AvgIpc) is 3.39. The van der Waals surface area contributed by atoms with E-state index >= 15 is 0 Å². The third kappa shape index (κ3) is 4.48. The van der Waals surface area contributed by atoms with Gasteiger partial charge in [-0.1, -0.05) is 0 Å². The second kappa shape index (κ2) is 8.80. The number of benzene rings is 2. The number of thiazole rings is 1. The second-order valence-electron chi connectivity index (χ2n) is 6.38. The maximum absolute atomic E-state index is 13.9. The molecule has 0 unspecified atom stereocenters. The standard InChI is InChI=1S/C19H12F2N6O3S2/c1-26-9-22-25-19(26)32-16-5-2-10(6-15(16)27(29)30)17(28)24-18-23-14(8-31-18)12-7-11(20)3-4-13(12)21/h2-9H,1H3,(H,23,24,28). The highest BCUT2D eigenvalue weighted by molar-refractivity contribution is 7.99. The van der Waals surface area contributed by atoms with Crippen molar-refractivity contribution >= 4 is 39.8 Å². The van der Waals surface area contributed by atoms with Crippen LogP contribution in [0.2, 0.25) is 0 Å². The Kier molecular flexibility index (Phi) is 5.92. The number of aromatic nitrogens is 4. The summed E-state index contributed by atoms with van der Waals surface area (Å²) < 4.78 is 29.0. The number of nitrogens with zero attached hydrogens (tertiary/aromatic N) is 5. The fourth-order valence-corrected chi connectivity index (χ4v) is 4.22. The molecular weight excluding hydrogens is 462 g/mol. The summed E-state index contributed by atoms with van der Waals surface area (Å²) in [5, 5.41) is 23.7. The summed E-state index contributed by atoms with van der Waals surface area (Å²) >= 11 is 2.06. The van der Waals surface area contributed by atoms with E-state index in [1.54, 1.807) is 11.6 Å². The fraction of sp³-hybridized carbons (Fsp3) is 0.0526. The van der Waals surface area contributed by atoms with Gasteiger partial charge in [-0.3, -0.25) is 20.2 Å². The zero-order valence-electron chi connectivity index (χ0n) is 16.2. The van der Waals surface area contributed by atoms with Crippen LogP contribution >= 0.6 is 23.1 Å². The third-order valence-corrected chi connectivity index (χ3v) is 6.09. The summed E-state index contributed by atoms with van der Waals surface area (Å²) in [5.74, 6) is -1.91. The molecule has 2 aromatic heterocycles. The first kappa shape index (κ1) is 21.5. The van der Waals surface area contributed by atoms with Gasteiger partial charge in [-0.25, -0.2) is 13.8 Å². The number of carbonyl (C=O) groups is 1. The monoisotopic (exact) mass is 474 g/mol. The van der Waals surface area contributed by atoms with E-state index in [0.717, 1.165) is 47.4 Å². The Balaban J connectivity index is 1.55. The molecule has 0 fully saturated rings. The van der Waals surface area contributed by atoms with Crippen molar-refractivity contribution in [2.45, 2.75) is 10.1 Å². The fourth-order valence-electron chi connectivity index (χ4n) is 2.67. The van der Waals surface area contributed by atoms with Crippen molar-refractivity contribution in [3.05, 3.63) is 75.4 Å². The Morgan fingerprint density at radius 1 is 1.25 bits per heavy atom. The van der Waals surface area contributed by atoms with Gasteiger partial charge in [-0.2, -0.15) is 0 Å². The van der Waals surface area contributed by atoms with Crippen LogP contribution in [0.3, 0.4) is 0 Å². The molecule has 4 rings (SSSR count). The Hall–Kier alpha value is -3.71. The van der Waals surface area contributed by atoms with Crippen molar-refractivity contribution in [2.24, 2.45) is 7.05 Å². The number of hydrogen-bond acceptors (Lipinski definition) is 8. The van der Waals surface area contributed by atoms with Crippen LogP contribution in [-0.4, -0.2) is 30.6 Å². The van der Waals surface area contributed by atoms with Crippen molar-refractivity contribution in [3.63, 3.8) is 0 Å². The highest BCUT2D eigenvalue weighted by atomic mass is 32.2. The van der Waals surface area contributed by atoms with E-state index in [1.807, 2.05) is 0 Å². The largest absolute Gasteiger partial charge is 0.311 e. The van der Waals surface area contributed by atoms with Gasteiger partial charge in [0.2, 0.25) is 0 Å². The molecule has 0 aliphatic carbocycles. The molecule has 0 atom stereocenters. The van der Waals surface area contributed by atoms with Crippen LogP contribution in [0.5, 0.6) is 0 Å². The number of nitro benzene ring substituents is 1. The Labute approximate surface area is 187 Å². The highest BCUT2D eigenvalue weighted by Crippen LogP contribution is 2.34. The molecule has 0 spiro atoms. The van der Waals surface area contributed by atoms with Gasteiger partial charge in [0.1, 0.15) is 18.0 Å². The van der Waals surface area contributed by atoms with Gasteiger partial charge in [-0.05, 0) is 42.1 Å². The van der Waals surface area contributed by atoms with Crippen molar-refractivity contribution < 1.29 is 18.5 Å². The number of nitro groups is 1. The van der Waals surface area contributed by atoms with Crippen molar-refractivity contribution in [2.75, 3.05) is 5.32 Å². The zero-order valence-corrected chi connectivity index (χ0v) is 17.8. The minimum Gasteiger partial charge on any atom is -0.311 e. The minimum atomic E-state index is -0.652. The molecule has 32 heavy (non-hydrogen) atoms. The quantitative estimate of drug-likeness (QED) is 0.322. The predicted molar refractivity (Wildman–Crippen MR) is 114 cm³/mol. The van der Waals surface area contributed by atoms with Crippen LogP contribution in [0.15, 0.2) is 58.2 Å². The Bertz CT molecular complexity index is 1340. The SMILES string of the molecule is Cn1cnnc1Sc1ccc(C(=O)Nc2nc(-c3cc(F)ccc3F)cs2)cc1[N+](=O)[O-]. The lowest BCUT2D eigenvalue weighted by atomic mass is 10.1. The van der Waals surface area contributed by atoms with E-state index in [9.17, 15) is 23.7 Å². The third-order valence-electron chi connectivity index (χ3n) is 4.22. The van der Waals surface area contributed by atoms with Gasteiger partial charge in [0.15, 0.2) is 10.3 Å². The summed E-state index contributed by atoms with van der Waals surface area (Å²) in [6, 6.07) is 7.01. The number of anilines is 1. The van der Waals surface area contributed by atoms with Gasteiger partial charge >= 0.3 is 0 Å². The molecule has 0 aliphatic rings. The number of carbonyl (C=O) groups excluding carboxylic acids is 1. The summed E-state index contributed by atoms with van der Waals surface area (Å²) in [5.41, 5.74) is -0.119. The van der Waals surface area contributed by atoms with E-state index in [0.29, 0.717) is 10.1 Å². The summed E-state index contributed by atoms with van der Waals surface area (Å²) in [6.45, 7) is 0. The van der Waals surface area contributed by atoms with Crippen molar-refractivity contribution in [3.8, 4) is 11.3 Å². The molecule has 0 saturated carbocycles. The topological polar surface area (TPSA) is 116 Å². The molecule has 1 N–H and O–H groups in total. The van der Waals surface area contributed by atoms with E-state index in [4.69, 9.17) is 0 Å². The van der Waals surface area contributed by atoms with Crippen molar-refractivity contribution in [1.82, 2.24) is 19.7 Å². The van der Waals surface area contributed by atoms with Crippen LogP contribution in [0, 0.1) is 21.7 Å². The van der Waals surface area contributed by atoms with Crippen LogP contribution in [-0.2, 0) is 7.05 Å². The summed E-state index contributed by atoms with van der Waals surface area (Å²) in [4.78, 5) is 27.9. The molecule has 2 heterocycles. The van der Waals surface area contributed by atoms with E-state index in [-0.39, 0.29) is 27.6 Å². The molecule has 0 bridgehead atoms. The van der Waals surface area contributed by atoms with Crippen molar-refractivity contribution in [1.29, 1.82) is 0 Å². The molecule has 0 aliphatic heterocycles. The lowest BCUT2D eigenvalue weighted by Gasteiger charge is -2.06. The molecule has 162 valence electrons. The molecule has 2 aromatic carbocycles. The summed E-state index contributed by atoms with van der Waals surface area (Å²) in [6.07, 6.45) is 1.47. The molecule has 13 heteroatoms. The number of hydrogen-bond donors (Lipinski definition) is 1. The second-order valence-corrected chi connectivity index (χ2v) is 8.25. The Morgan fingerprint density at radius 3 is 2.78 bits per heavy atom. The maximum Gasteiger partial charge on any atom is 0.284 e. The molecule has 0 radical (unpaired) electrons. The average molecular weight is 474 g/mol. The van der Waals surface area contributed by atoms with Crippen LogP contribution in [0.25, 0.3) is 11.3 Å². The lowest BCUT2D eigenvalue weighted by molar-refractivity contribution is -0.387. The zero-order chi connectivity index (χ0) is 22.8. The Morgan fingerprint density at radius 2 is 2.06 bits per heavy atom. The normalized spacial score (nSPS) is 10.8. The lowest BCUT2D eigenvalue weighted by Crippen LogP contribution is -2.12. The number of halogens is 2. The van der Waals surface area contributed by atoms with Crippen LogP contribution < -0.4 is 5.32 Å². The van der Waals surface area contributed by atoms with E-state index in [1.165, 1.54) is 23.8 Å². The van der Waals surface area contributed by atoms with Gasteiger partial charge in [-0.15, -0.1) is 21.5 Å². The first-order valence-corrected chi connectivity index (χ1v) is 10.5. The molecule has 9 nitrogen and oxygen atoms in total. The highest BCUT2D eigenvalue weighted by Gasteiger charge is 2.21. The minimum absolute atomic E-state index is 0.0349. The van der Waals surface area contributed by atoms with Gasteiger partial charge in [0, 0.05) is 29.6 Å². The van der Waals surface area contributed by atoms with E-state index < -0.39 is 22.5 Å². The molecule has 1 amide bonds. The maximum atomic E-state index is 13.9. The van der Waals surface area contributed by atoms with Gasteiger partial charge in [0.05, 0.1) is 15.5 Å². The number of amides is 1. The van der Waals surface area contributed by atoms with Gasteiger partial charge in [0.25, 0.3) is 11.6 Å². The van der Waals surface area contributed by atoms with Crippen LogP contribution in [0.1, 0.15) is 10.4 Å². The smallest absolute Gasteiger partial charge is 0.284 e. The summed E-state index contributed by atoms with van der Waals surface area (Å²) in [7, 11) is 1.70. The first-order valence-electron chi connectivity index (χ1n) is 8.84. The van der Waals surface area contributed by atoms with Crippen LogP contribution in [0.4, 0.5) is 19.6 Å². The molecule has 0 saturated heterocycles. The number of nitrogens with one attached hydrogen (secondary N) is 1.